The van der Waals surface area contributed by atoms with Crippen molar-refractivity contribution in [2.24, 2.45) is 5.84 Å². The fraction of sp³-hybridized carbons (Fsp3) is 0.444. The fourth-order valence-corrected chi connectivity index (χ4v) is 2.65. The van der Waals surface area contributed by atoms with Crippen molar-refractivity contribution in [3.8, 4) is 0 Å². The Bertz CT molecular complexity index is 507. The first kappa shape index (κ1) is 12.4. The zero-order valence-corrected chi connectivity index (χ0v) is 11.1. The van der Waals surface area contributed by atoms with Crippen molar-refractivity contribution in [3.63, 3.8) is 0 Å². The highest BCUT2D eigenvalue weighted by Crippen LogP contribution is 2.30. The minimum absolute atomic E-state index is 0.232. The third-order valence-electron chi connectivity index (χ3n) is 2.52. The monoisotopic (exact) mass is 272 g/mol. The van der Waals surface area contributed by atoms with Gasteiger partial charge in [0.25, 0.3) is 0 Å². The van der Waals surface area contributed by atoms with Gasteiger partial charge >= 0.3 is 0 Å². The van der Waals surface area contributed by atoms with Gasteiger partial charge in [-0.25, -0.2) is 5.43 Å². The Morgan fingerprint density at radius 1 is 1.65 bits per heavy atom. The summed E-state index contributed by atoms with van der Waals surface area (Å²) in [7, 11) is 0. The van der Waals surface area contributed by atoms with Gasteiger partial charge in [-0.15, -0.1) is 5.10 Å². The van der Waals surface area contributed by atoms with Crippen LogP contribution >= 0.6 is 23.1 Å². The summed E-state index contributed by atoms with van der Waals surface area (Å²) in [5.74, 6) is 5.62. The zero-order valence-electron chi connectivity index (χ0n) is 9.51. The minimum atomic E-state index is -0.232. The number of rotatable bonds is 4. The molecule has 0 aliphatic rings. The maximum atomic E-state index is 6.15. The van der Waals surface area contributed by atoms with Crippen LogP contribution in [0.5, 0.6) is 0 Å². The predicted octanol–water partition coefficient (Wildman–Crippen LogP) is 1.27. The van der Waals surface area contributed by atoms with Crippen LogP contribution in [0.25, 0.3) is 0 Å². The molecule has 92 valence electrons. The number of aromatic nitrogens is 4. The highest BCUT2D eigenvalue weighted by Gasteiger charge is 2.24. The smallest absolute Gasteiger partial charge is 0.102 e. The molecule has 0 amide bonds. The van der Waals surface area contributed by atoms with Crippen LogP contribution in [0.15, 0.2) is 6.20 Å². The Hall–Kier alpha value is -1.02. The maximum absolute atomic E-state index is 6.15. The zero-order chi connectivity index (χ0) is 12.4. The average Bonchev–Trinajstić information content (AvgIpc) is 2.89. The van der Waals surface area contributed by atoms with Gasteiger partial charge in [-0.3, -0.25) is 10.5 Å². The quantitative estimate of drug-likeness (QED) is 0.647. The summed E-state index contributed by atoms with van der Waals surface area (Å²) in [5, 5.41) is 8.76. The molecule has 0 bridgehead atoms. The first-order valence-corrected chi connectivity index (χ1v) is 6.30. The van der Waals surface area contributed by atoms with Crippen LogP contribution in [0, 0.1) is 6.92 Å². The normalized spacial score (nSPS) is 12.9. The molecule has 2 heterocycles. The summed E-state index contributed by atoms with van der Waals surface area (Å²) in [4.78, 5) is 0.949. The number of hydrogen-bond donors (Lipinski definition) is 2. The molecule has 0 aromatic carbocycles. The lowest BCUT2D eigenvalue weighted by molar-refractivity contribution is 0.546. The maximum Gasteiger partial charge on any atom is 0.102 e. The van der Waals surface area contributed by atoms with Crippen molar-refractivity contribution in [2.45, 2.75) is 26.4 Å². The van der Waals surface area contributed by atoms with Crippen molar-refractivity contribution in [1.29, 1.82) is 0 Å². The molecular formula is C9H13ClN6S. The first-order valence-electron chi connectivity index (χ1n) is 5.15. The third kappa shape index (κ3) is 2.19. The molecule has 0 saturated carbocycles. The number of nitrogens with one attached hydrogen (secondary N) is 1. The van der Waals surface area contributed by atoms with Gasteiger partial charge in [0, 0.05) is 6.54 Å². The summed E-state index contributed by atoms with van der Waals surface area (Å²) < 4.78 is 5.72. The van der Waals surface area contributed by atoms with Gasteiger partial charge < -0.3 is 0 Å². The molecule has 1 unspecified atom stereocenters. The number of aryl methyl sites for hydroxylation is 2. The van der Waals surface area contributed by atoms with Crippen LogP contribution in [0.1, 0.15) is 29.2 Å². The Labute approximate surface area is 108 Å². The average molecular weight is 273 g/mol. The van der Waals surface area contributed by atoms with E-state index in [4.69, 9.17) is 17.4 Å². The lowest BCUT2D eigenvalue weighted by atomic mass is 10.1. The molecule has 2 aromatic heterocycles. The molecule has 2 rings (SSSR count). The number of hydrogen-bond acceptors (Lipinski definition) is 6. The van der Waals surface area contributed by atoms with Crippen molar-refractivity contribution in [3.05, 3.63) is 27.5 Å². The molecule has 2 aromatic rings. The van der Waals surface area contributed by atoms with Crippen molar-refractivity contribution in [2.75, 3.05) is 0 Å². The molecule has 3 N–H and O–H groups in total. The van der Waals surface area contributed by atoms with E-state index in [-0.39, 0.29) is 6.04 Å². The molecule has 0 aliphatic carbocycles. The van der Waals surface area contributed by atoms with Crippen LogP contribution in [-0.4, -0.2) is 19.4 Å². The summed E-state index contributed by atoms with van der Waals surface area (Å²) in [6, 6.07) is -0.232. The van der Waals surface area contributed by atoms with E-state index in [0.717, 1.165) is 22.8 Å². The lowest BCUT2D eigenvalue weighted by Crippen LogP contribution is -2.30. The molecule has 0 radical (unpaired) electrons. The second-order valence-corrected chi connectivity index (χ2v) is 4.71. The van der Waals surface area contributed by atoms with E-state index in [2.05, 4.69) is 20.1 Å². The number of nitrogens with two attached hydrogens (primary N) is 1. The molecule has 0 spiro atoms. The van der Waals surface area contributed by atoms with Gasteiger partial charge in [0.2, 0.25) is 0 Å². The molecular weight excluding hydrogens is 260 g/mol. The summed E-state index contributed by atoms with van der Waals surface area (Å²) in [6.07, 6.45) is 1.62. The number of nitrogens with zero attached hydrogens (tertiary/aromatic N) is 4. The lowest BCUT2D eigenvalue weighted by Gasteiger charge is -2.16. The van der Waals surface area contributed by atoms with Crippen molar-refractivity contribution >= 4 is 23.1 Å². The highest BCUT2D eigenvalue weighted by atomic mass is 35.5. The number of halogens is 1. The molecule has 0 fully saturated rings. The van der Waals surface area contributed by atoms with E-state index in [1.54, 1.807) is 6.20 Å². The summed E-state index contributed by atoms with van der Waals surface area (Å²) in [6.45, 7) is 4.62. The van der Waals surface area contributed by atoms with Gasteiger partial charge in [-0.05, 0) is 25.4 Å². The molecule has 17 heavy (non-hydrogen) atoms. The minimum Gasteiger partial charge on any atom is -0.270 e. The number of hydrazine groups is 1. The predicted molar refractivity (Wildman–Crippen MR) is 66.7 cm³/mol. The van der Waals surface area contributed by atoms with E-state index in [0.29, 0.717) is 5.02 Å². The van der Waals surface area contributed by atoms with E-state index in [1.165, 1.54) is 11.5 Å². The largest absolute Gasteiger partial charge is 0.270 e. The SMILES string of the molecule is CCn1ncc(Cl)c1C(NN)c1snnc1C. The summed E-state index contributed by atoms with van der Waals surface area (Å²) in [5.41, 5.74) is 4.43. The van der Waals surface area contributed by atoms with E-state index in [9.17, 15) is 0 Å². The second kappa shape index (κ2) is 5.09. The Kier molecular flexibility index (Phi) is 3.72. The van der Waals surface area contributed by atoms with Gasteiger partial charge in [0.1, 0.15) is 6.04 Å². The van der Waals surface area contributed by atoms with Gasteiger partial charge in [0.15, 0.2) is 0 Å². The molecule has 8 heteroatoms. The highest BCUT2D eigenvalue weighted by molar-refractivity contribution is 7.05. The van der Waals surface area contributed by atoms with E-state index in [1.807, 2.05) is 18.5 Å². The van der Waals surface area contributed by atoms with Crippen LogP contribution in [0.2, 0.25) is 5.02 Å². The van der Waals surface area contributed by atoms with Crippen LogP contribution in [-0.2, 0) is 6.54 Å². The Morgan fingerprint density at radius 2 is 2.41 bits per heavy atom. The Morgan fingerprint density at radius 3 is 2.94 bits per heavy atom. The van der Waals surface area contributed by atoms with Crippen molar-refractivity contribution in [1.82, 2.24) is 24.8 Å². The molecule has 1 atom stereocenters. The Balaban J connectivity index is 2.49. The molecule has 0 aliphatic heterocycles. The standard InChI is InChI=1S/C9H13ClN6S/c1-3-16-8(6(10)4-12-16)7(13-11)9-5(2)14-15-17-9/h4,7,13H,3,11H2,1-2H3. The van der Waals surface area contributed by atoms with Crippen LogP contribution in [0.3, 0.4) is 0 Å². The van der Waals surface area contributed by atoms with Gasteiger partial charge in [-0.2, -0.15) is 5.10 Å². The van der Waals surface area contributed by atoms with Gasteiger partial charge in [-0.1, -0.05) is 16.1 Å². The third-order valence-corrected chi connectivity index (χ3v) is 3.70. The van der Waals surface area contributed by atoms with E-state index >= 15 is 0 Å². The second-order valence-electron chi connectivity index (χ2n) is 3.52. The van der Waals surface area contributed by atoms with Gasteiger partial charge in [0.05, 0.1) is 27.5 Å². The van der Waals surface area contributed by atoms with E-state index < -0.39 is 0 Å². The molecule has 0 saturated heterocycles. The summed E-state index contributed by atoms with van der Waals surface area (Å²) >= 11 is 7.46. The van der Waals surface area contributed by atoms with Crippen LogP contribution < -0.4 is 11.3 Å². The topological polar surface area (TPSA) is 81.7 Å². The fourth-order valence-electron chi connectivity index (χ4n) is 1.69. The first-order chi connectivity index (χ1) is 8.19. The molecule has 6 nitrogen and oxygen atoms in total. The van der Waals surface area contributed by atoms with Crippen molar-refractivity contribution < 1.29 is 0 Å². The van der Waals surface area contributed by atoms with Crippen LogP contribution in [0.4, 0.5) is 0 Å².